The minimum Gasteiger partial charge on any atom is -0.305 e. The van der Waals surface area contributed by atoms with Gasteiger partial charge in [0.2, 0.25) is 0 Å². The maximum absolute atomic E-state index is 13.4. The van der Waals surface area contributed by atoms with Crippen LogP contribution in [0.3, 0.4) is 0 Å². The molecule has 5 heteroatoms. The van der Waals surface area contributed by atoms with E-state index in [-0.39, 0.29) is 11.9 Å². The number of fused-ring (bicyclic) bond motifs is 1. The average Bonchev–Trinajstić information content (AvgIpc) is 2.82. The van der Waals surface area contributed by atoms with E-state index in [1.54, 1.807) is 23.5 Å². The molecule has 1 aromatic heterocycles. The first kappa shape index (κ1) is 13.6. The van der Waals surface area contributed by atoms with Crippen LogP contribution < -0.4 is 5.32 Å². The van der Waals surface area contributed by atoms with Gasteiger partial charge in [-0.25, -0.2) is 4.39 Å². The van der Waals surface area contributed by atoms with Gasteiger partial charge in [0.05, 0.1) is 3.79 Å². The van der Waals surface area contributed by atoms with E-state index in [1.807, 2.05) is 17.8 Å². The molecular weight excluding hydrogens is 345 g/mol. The molecule has 0 saturated carbocycles. The zero-order chi connectivity index (χ0) is 13.2. The van der Waals surface area contributed by atoms with E-state index < -0.39 is 0 Å². The highest BCUT2D eigenvalue weighted by molar-refractivity contribution is 9.11. The van der Waals surface area contributed by atoms with Crippen molar-refractivity contribution in [3.63, 3.8) is 0 Å². The smallest absolute Gasteiger partial charge is 0.123 e. The molecule has 1 aliphatic heterocycles. The zero-order valence-electron chi connectivity index (χ0n) is 10.2. The maximum atomic E-state index is 13.4. The highest BCUT2D eigenvalue weighted by atomic mass is 79.9. The van der Waals surface area contributed by atoms with Crippen molar-refractivity contribution in [1.82, 2.24) is 5.32 Å². The van der Waals surface area contributed by atoms with Crippen LogP contribution in [0.5, 0.6) is 0 Å². The van der Waals surface area contributed by atoms with Gasteiger partial charge in [-0.3, -0.25) is 0 Å². The molecular formula is C14H13BrFNS2. The average molecular weight is 358 g/mol. The summed E-state index contributed by atoms with van der Waals surface area (Å²) in [6.45, 7) is 0.835. The Labute approximate surface area is 128 Å². The second-order valence-corrected chi connectivity index (χ2v) is 8.14. The Kier molecular flexibility index (Phi) is 4.27. The standard InChI is InChI=1S/C14H13BrFNS2/c15-14-4-2-10(19-14)8-17-12-5-6-18-13-3-1-9(16)7-11(12)13/h1-4,7,12,17H,5-6,8H2. The minimum atomic E-state index is -0.146. The highest BCUT2D eigenvalue weighted by Crippen LogP contribution is 2.36. The van der Waals surface area contributed by atoms with E-state index in [1.165, 1.54) is 9.77 Å². The van der Waals surface area contributed by atoms with Crippen molar-refractivity contribution < 1.29 is 4.39 Å². The molecule has 0 amide bonds. The second kappa shape index (κ2) is 5.95. The van der Waals surface area contributed by atoms with Crippen molar-refractivity contribution in [3.8, 4) is 0 Å². The van der Waals surface area contributed by atoms with Crippen molar-refractivity contribution >= 4 is 39.0 Å². The molecule has 1 N–H and O–H groups in total. The molecule has 0 aliphatic carbocycles. The van der Waals surface area contributed by atoms with E-state index >= 15 is 0 Å². The van der Waals surface area contributed by atoms with Gasteiger partial charge in [0.15, 0.2) is 0 Å². The first-order chi connectivity index (χ1) is 9.22. The zero-order valence-corrected chi connectivity index (χ0v) is 13.4. The molecule has 1 aliphatic rings. The van der Waals surface area contributed by atoms with Crippen molar-refractivity contribution in [2.75, 3.05) is 5.75 Å². The SMILES string of the molecule is Fc1ccc2c(c1)C(NCc1ccc(Br)s1)CCS2. The van der Waals surface area contributed by atoms with Gasteiger partial charge in [-0.05, 0) is 64.0 Å². The monoisotopic (exact) mass is 357 g/mol. The fourth-order valence-corrected chi connectivity index (χ4v) is 4.79. The van der Waals surface area contributed by atoms with Gasteiger partial charge in [0.1, 0.15) is 5.82 Å². The normalized spacial score (nSPS) is 18.3. The molecule has 19 heavy (non-hydrogen) atoms. The van der Waals surface area contributed by atoms with Crippen LogP contribution in [0.1, 0.15) is 22.9 Å². The van der Waals surface area contributed by atoms with Crippen LogP contribution in [0.2, 0.25) is 0 Å². The number of nitrogens with one attached hydrogen (secondary N) is 1. The lowest BCUT2D eigenvalue weighted by Gasteiger charge is -2.26. The van der Waals surface area contributed by atoms with Crippen LogP contribution >= 0.6 is 39.0 Å². The van der Waals surface area contributed by atoms with Gasteiger partial charge in [-0.15, -0.1) is 23.1 Å². The molecule has 100 valence electrons. The van der Waals surface area contributed by atoms with E-state index in [4.69, 9.17) is 0 Å². The third-order valence-corrected chi connectivity index (χ3v) is 5.91. The number of benzene rings is 1. The summed E-state index contributed by atoms with van der Waals surface area (Å²) >= 11 is 7.02. The van der Waals surface area contributed by atoms with Gasteiger partial charge >= 0.3 is 0 Å². The van der Waals surface area contributed by atoms with Crippen LogP contribution in [0, 0.1) is 5.82 Å². The Morgan fingerprint density at radius 3 is 3.00 bits per heavy atom. The summed E-state index contributed by atoms with van der Waals surface area (Å²) in [5.74, 6) is 0.941. The topological polar surface area (TPSA) is 12.0 Å². The molecule has 0 saturated heterocycles. The molecule has 0 fully saturated rings. The quantitative estimate of drug-likeness (QED) is 0.831. The predicted molar refractivity (Wildman–Crippen MR) is 83.3 cm³/mol. The number of rotatable bonds is 3. The van der Waals surface area contributed by atoms with Gasteiger partial charge in [-0.2, -0.15) is 0 Å². The second-order valence-electron chi connectivity index (χ2n) is 4.46. The first-order valence-corrected chi connectivity index (χ1v) is 8.72. The van der Waals surface area contributed by atoms with E-state index in [2.05, 4.69) is 33.4 Å². The summed E-state index contributed by atoms with van der Waals surface area (Å²) in [6.07, 6.45) is 1.05. The molecule has 1 unspecified atom stereocenters. The number of thiophene rings is 1. The van der Waals surface area contributed by atoms with E-state index in [0.717, 1.165) is 28.1 Å². The molecule has 1 atom stereocenters. The third-order valence-electron chi connectivity index (χ3n) is 3.16. The number of thioether (sulfide) groups is 1. The van der Waals surface area contributed by atoms with Gasteiger partial charge in [0.25, 0.3) is 0 Å². The van der Waals surface area contributed by atoms with Crippen LogP contribution in [-0.4, -0.2) is 5.75 Å². The molecule has 3 rings (SSSR count). The minimum absolute atomic E-state index is 0.146. The maximum Gasteiger partial charge on any atom is 0.123 e. The Morgan fingerprint density at radius 2 is 2.21 bits per heavy atom. The lowest BCUT2D eigenvalue weighted by atomic mass is 10.0. The summed E-state index contributed by atoms with van der Waals surface area (Å²) in [6, 6.07) is 9.55. The van der Waals surface area contributed by atoms with Gasteiger partial charge in [0, 0.05) is 22.4 Å². The first-order valence-electron chi connectivity index (χ1n) is 6.12. The van der Waals surface area contributed by atoms with E-state index in [9.17, 15) is 4.39 Å². The Balaban J connectivity index is 1.74. The molecule has 0 radical (unpaired) electrons. The third kappa shape index (κ3) is 3.21. The van der Waals surface area contributed by atoms with Crippen LogP contribution in [0.15, 0.2) is 39.0 Å². The molecule has 1 aromatic carbocycles. The van der Waals surface area contributed by atoms with Crippen molar-refractivity contribution in [2.45, 2.75) is 23.9 Å². The van der Waals surface area contributed by atoms with Crippen LogP contribution in [0.25, 0.3) is 0 Å². The fourth-order valence-electron chi connectivity index (χ4n) is 2.25. The lowest BCUT2D eigenvalue weighted by molar-refractivity contribution is 0.507. The number of hydrogen-bond donors (Lipinski definition) is 1. The van der Waals surface area contributed by atoms with E-state index in [0.29, 0.717) is 0 Å². The van der Waals surface area contributed by atoms with Crippen molar-refractivity contribution in [2.24, 2.45) is 0 Å². The summed E-state index contributed by atoms with van der Waals surface area (Å²) in [4.78, 5) is 2.50. The lowest BCUT2D eigenvalue weighted by Crippen LogP contribution is -2.24. The molecule has 2 heterocycles. The van der Waals surface area contributed by atoms with Crippen LogP contribution in [-0.2, 0) is 6.54 Å². The Hall–Kier alpha value is -0.360. The molecule has 0 spiro atoms. The fraction of sp³-hybridized carbons (Fsp3) is 0.286. The van der Waals surface area contributed by atoms with Gasteiger partial charge in [-0.1, -0.05) is 0 Å². The highest BCUT2D eigenvalue weighted by Gasteiger charge is 2.20. The molecule has 0 bridgehead atoms. The Morgan fingerprint density at radius 1 is 1.32 bits per heavy atom. The van der Waals surface area contributed by atoms with Crippen LogP contribution in [0.4, 0.5) is 4.39 Å². The number of halogens is 2. The summed E-state index contributed by atoms with van der Waals surface area (Å²) in [5.41, 5.74) is 1.10. The van der Waals surface area contributed by atoms with Crippen molar-refractivity contribution in [3.05, 3.63) is 50.4 Å². The van der Waals surface area contributed by atoms with Gasteiger partial charge < -0.3 is 5.32 Å². The molecule has 1 nitrogen and oxygen atoms in total. The summed E-state index contributed by atoms with van der Waals surface area (Å²) < 4.78 is 14.5. The van der Waals surface area contributed by atoms with Crippen molar-refractivity contribution in [1.29, 1.82) is 0 Å². The number of hydrogen-bond acceptors (Lipinski definition) is 3. The molecule has 2 aromatic rings. The summed E-state index contributed by atoms with van der Waals surface area (Å²) in [7, 11) is 0. The Bertz CT molecular complexity index is 585. The largest absolute Gasteiger partial charge is 0.305 e. The summed E-state index contributed by atoms with van der Waals surface area (Å²) in [5, 5.41) is 3.54. The predicted octanol–water partition coefficient (Wildman–Crippen LogP) is 4.98.